The number of nitrogens with zero attached hydrogens (tertiary/aromatic N) is 2. The first-order chi connectivity index (χ1) is 11.1. The molecule has 124 valence electrons. The van der Waals surface area contributed by atoms with Gasteiger partial charge in [0.05, 0.1) is 6.54 Å². The molecule has 0 unspecified atom stereocenters. The van der Waals surface area contributed by atoms with E-state index >= 15 is 0 Å². The number of piperazine rings is 1. The Kier molecular flexibility index (Phi) is 4.66. The van der Waals surface area contributed by atoms with Crippen molar-refractivity contribution in [2.24, 2.45) is 0 Å². The largest absolute Gasteiger partial charge is 0.454 e. The van der Waals surface area contributed by atoms with Crippen LogP contribution in [0.25, 0.3) is 0 Å². The first-order valence-electron chi connectivity index (χ1n) is 7.75. The van der Waals surface area contributed by atoms with Gasteiger partial charge in [-0.05, 0) is 17.7 Å². The maximum Gasteiger partial charge on any atom is 0.234 e. The Labute approximate surface area is 135 Å². The van der Waals surface area contributed by atoms with Crippen LogP contribution in [-0.4, -0.2) is 61.1 Å². The summed E-state index contributed by atoms with van der Waals surface area (Å²) in [5.74, 6) is 1.54. The molecule has 0 aliphatic carbocycles. The molecule has 1 saturated heterocycles. The van der Waals surface area contributed by atoms with Gasteiger partial charge in [-0.15, -0.1) is 0 Å². The minimum atomic E-state index is -0.0149. The SMILES string of the molecule is CC(=O)N1CCN(CC(=O)NCc2ccc3c(c2)OCO3)CC1. The number of carbonyl (C=O) groups excluding carboxylic acids is 2. The van der Waals surface area contributed by atoms with Crippen LogP contribution in [0.5, 0.6) is 11.5 Å². The zero-order valence-electron chi connectivity index (χ0n) is 13.2. The normalized spacial score (nSPS) is 17.2. The first-order valence-corrected chi connectivity index (χ1v) is 7.75. The van der Waals surface area contributed by atoms with Gasteiger partial charge in [-0.2, -0.15) is 0 Å². The Morgan fingerprint density at radius 1 is 1.13 bits per heavy atom. The average molecular weight is 319 g/mol. The number of rotatable bonds is 4. The lowest BCUT2D eigenvalue weighted by atomic mass is 10.2. The summed E-state index contributed by atoms with van der Waals surface area (Å²) in [6, 6.07) is 5.65. The molecule has 1 N–H and O–H groups in total. The number of amides is 2. The fourth-order valence-corrected chi connectivity index (χ4v) is 2.73. The zero-order valence-corrected chi connectivity index (χ0v) is 13.2. The van der Waals surface area contributed by atoms with Crippen molar-refractivity contribution in [2.45, 2.75) is 13.5 Å². The minimum Gasteiger partial charge on any atom is -0.454 e. The molecule has 2 amide bonds. The van der Waals surface area contributed by atoms with E-state index in [9.17, 15) is 9.59 Å². The van der Waals surface area contributed by atoms with Gasteiger partial charge in [0.25, 0.3) is 0 Å². The summed E-state index contributed by atoms with van der Waals surface area (Å²) in [5.41, 5.74) is 0.976. The van der Waals surface area contributed by atoms with E-state index in [4.69, 9.17) is 9.47 Å². The second-order valence-corrected chi connectivity index (χ2v) is 5.75. The van der Waals surface area contributed by atoms with Gasteiger partial charge >= 0.3 is 0 Å². The highest BCUT2D eigenvalue weighted by atomic mass is 16.7. The van der Waals surface area contributed by atoms with Crippen LogP contribution in [0, 0.1) is 0 Å². The van der Waals surface area contributed by atoms with Crippen molar-refractivity contribution in [1.29, 1.82) is 0 Å². The van der Waals surface area contributed by atoms with E-state index in [0.717, 1.165) is 30.2 Å². The molecule has 0 atom stereocenters. The second-order valence-electron chi connectivity index (χ2n) is 5.75. The molecule has 2 heterocycles. The molecule has 0 saturated carbocycles. The zero-order chi connectivity index (χ0) is 16.2. The molecule has 0 spiro atoms. The van der Waals surface area contributed by atoms with Crippen LogP contribution in [0.3, 0.4) is 0 Å². The molecule has 23 heavy (non-hydrogen) atoms. The fourth-order valence-electron chi connectivity index (χ4n) is 2.73. The molecule has 1 aromatic rings. The Hall–Kier alpha value is -2.28. The molecular formula is C16H21N3O4. The quantitative estimate of drug-likeness (QED) is 0.858. The summed E-state index contributed by atoms with van der Waals surface area (Å²) < 4.78 is 10.6. The smallest absolute Gasteiger partial charge is 0.234 e. The van der Waals surface area contributed by atoms with Gasteiger partial charge in [0.15, 0.2) is 11.5 Å². The maximum absolute atomic E-state index is 12.0. The molecule has 0 bridgehead atoms. The number of nitrogens with one attached hydrogen (secondary N) is 1. The molecule has 2 aliphatic heterocycles. The summed E-state index contributed by atoms with van der Waals surface area (Å²) >= 11 is 0. The minimum absolute atomic E-state index is 0.0149. The van der Waals surface area contributed by atoms with E-state index in [1.807, 2.05) is 18.2 Å². The highest BCUT2D eigenvalue weighted by Crippen LogP contribution is 2.32. The first kappa shape index (κ1) is 15.6. The topological polar surface area (TPSA) is 71.1 Å². The molecule has 2 aliphatic rings. The van der Waals surface area contributed by atoms with E-state index in [-0.39, 0.29) is 18.6 Å². The van der Waals surface area contributed by atoms with E-state index in [1.165, 1.54) is 0 Å². The van der Waals surface area contributed by atoms with Crippen LogP contribution >= 0.6 is 0 Å². The molecule has 1 aromatic carbocycles. The van der Waals surface area contributed by atoms with Crippen LogP contribution in [0.1, 0.15) is 12.5 Å². The predicted molar refractivity (Wildman–Crippen MR) is 83.1 cm³/mol. The number of fused-ring (bicyclic) bond motifs is 1. The molecular weight excluding hydrogens is 298 g/mol. The van der Waals surface area contributed by atoms with E-state index < -0.39 is 0 Å². The van der Waals surface area contributed by atoms with E-state index in [1.54, 1.807) is 11.8 Å². The van der Waals surface area contributed by atoms with Crippen molar-refractivity contribution >= 4 is 11.8 Å². The van der Waals surface area contributed by atoms with Gasteiger partial charge in [0.2, 0.25) is 18.6 Å². The molecule has 0 aromatic heterocycles. The lowest BCUT2D eigenvalue weighted by Gasteiger charge is -2.33. The van der Waals surface area contributed by atoms with E-state index in [0.29, 0.717) is 26.2 Å². The van der Waals surface area contributed by atoms with Gasteiger partial charge in [0, 0.05) is 39.6 Å². The monoisotopic (exact) mass is 319 g/mol. The highest BCUT2D eigenvalue weighted by molar-refractivity contribution is 5.78. The maximum atomic E-state index is 12.0. The molecule has 0 radical (unpaired) electrons. The number of benzene rings is 1. The summed E-state index contributed by atoms with van der Waals surface area (Å²) in [7, 11) is 0. The molecule has 7 nitrogen and oxygen atoms in total. The summed E-state index contributed by atoms with van der Waals surface area (Å²) in [4.78, 5) is 27.2. The van der Waals surface area contributed by atoms with Gasteiger partial charge in [-0.1, -0.05) is 6.07 Å². The Morgan fingerprint density at radius 2 is 1.87 bits per heavy atom. The number of ether oxygens (including phenoxy) is 2. The number of hydrogen-bond acceptors (Lipinski definition) is 5. The number of hydrogen-bond donors (Lipinski definition) is 1. The van der Waals surface area contributed by atoms with Crippen molar-refractivity contribution in [3.8, 4) is 11.5 Å². The van der Waals surface area contributed by atoms with Crippen molar-refractivity contribution in [3.05, 3.63) is 23.8 Å². The molecule has 3 rings (SSSR count). The third-order valence-electron chi connectivity index (χ3n) is 4.11. The Balaban J connectivity index is 1.42. The summed E-state index contributed by atoms with van der Waals surface area (Å²) in [6.07, 6.45) is 0. The second kappa shape index (κ2) is 6.87. The lowest BCUT2D eigenvalue weighted by molar-refractivity contribution is -0.131. The van der Waals surface area contributed by atoms with Gasteiger partial charge in [-0.25, -0.2) is 0 Å². The summed E-state index contributed by atoms with van der Waals surface area (Å²) in [5, 5.41) is 2.91. The van der Waals surface area contributed by atoms with Crippen LogP contribution in [0.2, 0.25) is 0 Å². The highest BCUT2D eigenvalue weighted by Gasteiger charge is 2.20. The lowest BCUT2D eigenvalue weighted by Crippen LogP contribution is -2.50. The standard InChI is InChI=1S/C16H21N3O4/c1-12(20)19-6-4-18(5-7-19)10-16(21)17-9-13-2-3-14-15(8-13)23-11-22-14/h2-3,8H,4-7,9-11H2,1H3,(H,17,21). The fraction of sp³-hybridized carbons (Fsp3) is 0.500. The van der Waals surface area contributed by atoms with Gasteiger partial charge in [-0.3, -0.25) is 14.5 Å². The summed E-state index contributed by atoms with van der Waals surface area (Å²) in [6.45, 7) is 5.48. The average Bonchev–Trinajstić information content (AvgIpc) is 3.01. The third-order valence-corrected chi connectivity index (χ3v) is 4.11. The van der Waals surface area contributed by atoms with Crippen molar-refractivity contribution in [3.63, 3.8) is 0 Å². The van der Waals surface area contributed by atoms with Crippen LogP contribution < -0.4 is 14.8 Å². The van der Waals surface area contributed by atoms with Crippen LogP contribution in [0.4, 0.5) is 0 Å². The predicted octanol–water partition coefficient (Wildman–Crippen LogP) is 0.196. The van der Waals surface area contributed by atoms with Crippen molar-refractivity contribution < 1.29 is 19.1 Å². The van der Waals surface area contributed by atoms with Crippen LogP contribution in [0.15, 0.2) is 18.2 Å². The van der Waals surface area contributed by atoms with E-state index in [2.05, 4.69) is 10.2 Å². The molecule has 7 heteroatoms. The Morgan fingerprint density at radius 3 is 2.61 bits per heavy atom. The number of carbonyl (C=O) groups is 2. The van der Waals surface area contributed by atoms with Crippen molar-refractivity contribution in [1.82, 2.24) is 15.1 Å². The van der Waals surface area contributed by atoms with Crippen LogP contribution in [-0.2, 0) is 16.1 Å². The van der Waals surface area contributed by atoms with Gasteiger partial charge in [0.1, 0.15) is 0 Å². The van der Waals surface area contributed by atoms with Crippen molar-refractivity contribution in [2.75, 3.05) is 39.5 Å². The Bertz CT molecular complexity index is 597. The third kappa shape index (κ3) is 3.92. The molecule has 1 fully saturated rings. The van der Waals surface area contributed by atoms with Gasteiger partial charge < -0.3 is 19.7 Å².